The molecule has 0 atom stereocenters. The van der Waals surface area contributed by atoms with E-state index in [1.54, 1.807) is 19.2 Å². The first-order valence-electron chi connectivity index (χ1n) is 5.81. The first-order valence-corrected chi connectivity index (χ1v) is 6.19. The second-order valence-corrected chi connectivity index (χ2v) is 4.63. The van der Waals surface area contributed by atoms with Gasteiger partial charge in [0.2, 0.25) is 5.76 Å². The number of amides is 1. The van der Waals surface area contributed by atoms with Gasteiger partial charge in [-0.1, -0.05) is 29.8 Å². The van der Waals surface area contributed by atoms with Crippen LogP contribution in [0.1, 0.15) is 26.7 Å². The van der Waals surface area contributed by atoms with Crippen molar-refractivity contribution < 1.29 is 19.1 Å². The van der Waals surface area contributed by atoms with Crippen LogP contribution in [0.25, 0.3) is 0 Å². The molecule has 1 aromatic heterocycles. The molecule has 1 aromatic carbocycles. The molecule has 0 fully saturated rings. The van der Waals surface area contributed by atoms with Gasteiger partial charge in [0.05, 0.1) is 0 Å². The van der Waals surface area contributed by atoms with E-state index in [1.165, 1.54) is 17.0 Å². The number of carboxylic acids is 1. The summed E-state index contributed by atoms with van der Waals surface area (Å²) in [4.78, 5) is 24.2. The normalized spacial score (nSPS) is 10.3. The fourth-order valence-electron chi connectivity index (χ4n) is 1.71. The summed E-state index contributed by atoms with van der Waals surface area (Å²) in [7, 11) is 1.59. The number of hydrogen-bond acceptors (Lipinski definition) is 3. The van der Waals surface area contributed by atoms with E-state index in [4.69, 9.17) is 21.1 Å². The van der Waals surface area contributed by atoms with Gasteiger partial charge >= 0.3 is 5.97 Å². The second-order valence-electron chi connectivity index (χ2n) is 4.22. The second kappa shape index (κ2) is 5.79. The Morgan fingerprint density at radius 1 is 1.20 bits per heavy atom. The third kappa shape index (κ3) is 3.00. The molecule has 0 radical (unpaired) electrons. The van der Waals surface area contributed by atoms with E-state index in [0.29, 0.717) is 11.6 Å². The van der Waals surface area contributed by atoms with Crippen molar-refractivity contribution in [2.24, 2.45) is 0 Å². The van der Waals surface area contributed by atoms with Gasteiger partial charge in [-0.15, -0.1) is 0 Å². The zero-order chi connectivity index (χ0) is 14.7. The van der Waals surface area contributed by atoms with Crippen molar-refractivity contribution in [3.63, 3.8) is 0 Å². The van der Waals surface area contributed by atoms with Crippen LogP contribution < -0.4 is 0 Å². The average Bonchev–Trinajstić information content (AvgIpc) is 2.90. The number of carboxylic acid groups (broad SMARTS) is 1. The molecule has 2 rings (SSSR count). The van der Waals surface area contributed by atoms with Gasteiger partial charge in [-0.25, -0.2) is 4.79 Å². The van der Waals surface area contributed by atoms with Crippen LogP contribution >= 0.6 is 11.6 Å². The van der Waals surface area contributed by atoms with Crippen LogP contribution in [0.3, 0.4) is 0 Å². The predicted octanol–water partition coefficient (Wildman–Crippen LogP) is 2.90. The number of hydrogen-bond donors (Lipinski definition) is 1. The van der Waals surface area contributed by atoms with Crippen molar-refractivity contribution in [1.29, 1.82) is 0 Å². The molecule has 1 heterocycles. The molecule has 1 amide bonds. The summed E-state index contributed by atoms with van der Waals surface area (Å²) in [5, 5.41) is 9.32. The van der Waals surface area contributed by atoms with E-state index < -0.39 is 11.9 Å². The lowest BCUT2D eigenvalue weighted by Crippen LogP contribution is -2.25. The molecule has 0 aliphatic heterocycles. The topological polar surface area (TPSA) is 70.8 Å². The Morgan fingerprint density at radius 3 is 2.45 bits per heavy atom. The number of aromatic carboxylic acids is 1. The number of halogens is 1. The molecule has 1 N–H and O–H groups in total. The Balaban J connectivity index is 2.12. The molecule has 6 heteroatoms. The van der Waals surface area contributed by atoms with Gasteiger partial charge in [-0.3, -0.25) is 4.79 Å². The van der Waals surface area contributed by atoms with Crippen LogP contribution in [-0.4, -0.2) is 28.9 Å². The molecule has 20 heavy (non-hydrogen) atoms. The number of furan rings is 1. The van der Waals surface area contributed by atoms with Crippen LogP contribution in [-0.2, 0) is 6.54 Å². The molecule has 0 saturated carbocycles. The van der Waals surface area contributed by atoms with Crippen molar-refractivity contribution in [3.05, 3.63) is 58.5 Å². The van der Waals surface area contributed by atoms with Crippen LogP contribution in [0.5, 0.6) is 0 Å². The maximum Gasteiger partial charge on any atom is 0.371 e. The van der Waals surface area contributed by atoms with E-state index in [9.17, 15) is 9.59 Å². The highest BCUT2D eigenvalue weighted by Crippen LogP contribution is 2.18. The zero-order valence-corrected chi connectivity index (χ0v) is 11.4. The van der Waals surface area contributed by atoms with E-state index >= 15 is 0 Å². The summed E-state index contributed by atoms with van der Waals surface area (Å²) in [5.41, 5.74) is 0.801. The van der Waals surface area contributed by atoms with Gasteiger partial charge in [0.25, 0.3) is 5.91 Å². The minimum Gasteiger partial charge on any atom is -0.475 e. The van der Waals surface area contributed by atoms with E-state index in [1.807, 2.05) is 12.1 Å². The summed E-state index contributed by atoms with van der Waals surface area (Å²) in [5.74, 6) is -1.90. The van der Waals surface area contributed by atoms with Gasteiger partial charge in [0.1, 0.15) is 0 Å². The van der Waals surface area contributed by atoms with Gasteiger partial charge in [0.15, 0.2) is 5.76 Å². The van der Waals surface area contributed by atoms with Crippen molar-refractivity contribution in [2.45, 2.75) is 6.54 Å². The summed E-state index contributed by atoms with van der Waals surface area (Å²) in [6, 6.07) is 9.78. The summed E-state index contributed by atoms with van der Waals surface area (Å²) >= 11 is 6.03. The SMILES string of the molecule is CN(Cc1ccccc1Cl)C(=O)c1ccc(C(=O)O)o1. The number of rotatable bonds is 4. The maximum atomic E-state index is 12.1. The molecule has 0 saturated heterocycles. The standard InChI is InChI=1S/C14H12ClNO4/c1-16(8-9-4-2-3-5-10(9)15)13(17)11-6-7-12(20-11)14(18)19/h2-7H,8H2,1H3,(H,18,19). The minimum atomic E-state index is -1.21. The Bertz CT molecular complexity index is 650. The van der Waals surface area contributed by atoms with Gasteiger partial charge in [-0.2, -0.15) is 0 Å². The molecular weight excluding hydrogens is 282 g/mol. The predicted molar refractivity (Wildman–Crippen MR) is 72.9 cm³/mol. The Kier molecular flexibility index (Phi) is 4.10. The van der Waals surface area contributed by atoms with Gasteiger partial charge < -0.3 is 14.4 Å². The number of carbonyl (C=O) groups is 2. The molecule has 0 spiro atoms. The van der Waals surface area contributed by atoms with Crippen LogP contribution in [0.2, 0.25) is 5.02 Å². The highest BCUT2D eigenvalue weighted by atomic mass is 35.5. The molecule has 0 bridgehead atoms. The largest absolute Gasteiger partial charge is 0.475 e. The lowest BCUT2D eigenvalue weighted by Gasteiger charge is -2.16. The zero-order valence-electron chi connectivity index (χ0n) is 10.7. The third-order valence-electron chi connectivity index (χ3n) is 2.74. The average molecular weight is 294 g/mol. The summed E-state index contributed by atoms with van der Waals surface area (Å²) < 4.78 is 4.97. The Labute approximate surface area is 120 Å². The van der Waals surface area contributed by atoms with Gasteiger partial charge in [-0.05, 0) is 23.8 Å². The lowest BCUT2D eigenvalue weighted by atomic mass is 10.2. The summed E-state index contributed by atoms with van der Waals surface area (Å²) in [6.45, 7) is 0.307. The Hall–Kier alpha value is -2.27. The fourth-order valence-corrected chi connectivity index (χ4v) is 1.91. The molecule has 2 aromatic rings. The van der Waals surface area contributed by atoms with Crippen molar-refractivity contribution in [2.75, 3.05) is 7.05 Å². The van der Waals surface area contributed by atoms with Crippen LogP contribution in [0.15, 0.2) is 40.8 Å². The van der Waals surface area contributed by atoms with Gasteiger partial charge in [0, 0.05) is 18.6 Å². The number of carbonyl (C=O) groups excluding carboxylic acids is 1. The van der Waals surface area contributed by atoms with E-state index in [0.717, 1.165) is 5.56 Å². The van der Waals surface area contributed by atoms with Crippen molar-refractivity contribution >= 4 is 23.5 Å². The fraction of sp³-hybridized carbons (Fsp3) is 0.143. The minimum absolute atomic E-state index is 0.0167. The lowest BCUT2D eigenvalue weighted by molar-refractivity contribution is 0.0653. The van der Waals surface area contributed by atoms with Crippen molar-refractivity contribution in [1.82, 2.24) is 4.90 Å². The number of benzene rings is 1. The van der Waals surface area contributed by atoms with Crippen LogP contribution in [0, 0.1) is 0 Å². The first kappa shape index (κ1) is 14.1. The molecule has 5 nitrogen and oxygen atoms in total. The third-order valence-corrected chi connectivity index (χ3v) is 3.11. The molecule has 0 aliphatic carbocycles. The van der Waals surface area contributed by atoms with Crippen LogP contribution in [0.4, 0.5) is 0 Å². The molecular formula is C14H12ClNO4. The van der Waals surface area contributed by atoms with Crippen molar-refractivity contribution in [3.8, 4) is 0 Å². The first-order chi connectivity index (χ1) is 9.49. The maximum absolute atomic E-state index is 12.1. The number of nitrogens with zero attached hydrogens (tertiary/aromatic N) is 1. The quantitative estimate of drug-likeness (QED) is 0.941. The summed E-state index contributed by atoms with van der Waals surface area (Å²) in [6.07, 6.45) is 0. The monoisotopic (exact) mass is 293 g/mol. The Morgan fingerprint density at radius 2 is 1.85 bits per heavy atom. The molecule has 0 unspecified atom stereocenters. The highest BCUT2D eigenvalue weighted by Gasteiger charge is 2.19. The van der Waals surface area contributed by atoms with E-state index in [-0.39, 0.29) is 11.5 Å². The smallest absolute Gasteiger partial charge is 0.371 e. The highest BCUT2D eigenvalue weighted by molar-refractivity contribution is 6.31. The molecule has 0 aliphatic rings. The van der Waals surface area contributed by atoms with E-state index in [2.05, 4.69) is 0 Å². The molecule has 104 valence electrons.